The van der Waals surface area contributed by atoms with Crippen LogP contribution in [0.15, 0.2) is 0 Å². The number of carbonyl (C=O) groups excluding carboxylic acids is 1. The van der Waals surface area contributed by atoms with Gasteiger partial charge in [0.15, 0.2) is 5.78 Å². The standard InChI is InChI=1S/C31H52O3/c1-19(17-22(32)25(33)27(5,6)34)21-12-13-29(8)24-10-9-23-26(3,4)20(2)11-14-30(23)18-31(24,30)16-15-28(21,29)7/h19-24,32,34H,9-18H2,1-8H3/t19-,20+,21-,22?,23+,24+,28-,29+,30-,31+/m1/s1. The van der Waals surface area contributed by atoms with Crippen molar-refractivity contribution in [1.82, 2.24) is 0 Å². The third-order valence-corrected chi connectivity index (χ3v) is 13.9. The summed E-state index contributed by atoms with van der Waals surface area (Å²) in [5.74, 6) is 3.01. The Balaban J connectivity index is 1.38. The zero-order valence-electron chi connectivity index (χ0n) is 23.3. The summed E-state index contributed by atoms with van der Waals surface area (Å²) in [6, 6.07) is 0. The number of carbonyl (C=O) groups is 1. The molecular formula is C31H52O3. The van der Waals surface area contributed by atoms with E-state index in [1.165, 1.54) is 71.6 Å². The van der Waals surface area contributed by atoms with Crippen LogP contribution in [0, 0.1) is 56.7 Å². The highest BCUT2D eigenvalue weighted by Crippen LogP contribution is 2.89. The molecule has 2 N–H and O–H groups in total. The summed E-state index contributed by atoms with van der Waals surface area (Å²) < 4.78 is 0. The van der Waals surface area contributed by atoms with Gasteiger partial charge in [-0.05, 0) is 135 Å². The second-order valence-electron chi connectivity index (χ2n) is 15.6. The van der Waals surface area contributed by atoms with Gasteiger partial charge in [-0.1, -0.05) is 41.5 Å². The summed E-state index contributed by atoms with van der Waals surface area (Å²) >= 11 is 0. The summed E-state index contributed by atoms with van der Waals surface area (Å²) in [5.41, 5.74) is 0.884. The van der Waals surface area contributed by atoms with E-state index < -0.39 is 17.5 Å². The van der Waals surface area contributed by atoms with Crippen LogP contribution < -0.4 is 0 Å². The Morgan fingerprint density at radius 2 is 1.53 bits per heavy atom. The number of fused-ring (bicyclic) bond motifs is 2. The van der Waals surface area contributed by atoms with Crippen molar-refractivity contribution in [3.63, 3.8) is 0 Å². The van der Waals surface area contributed by atoms with Crippen LogP contribution in [-0.2, 0) is 4.79 Å². The van der Waals surface area contributed by atoms with E-state index in [0.717, 1.165) is 17.8 Å². The van der Waals surface area contributed by atoms with Gasteiger partial charge in [0, 0.05) is 0 Å². The molecule has 5 aliphatic carbocycles. The Kier molecular flexibility index (Phi) is 5.45. The van der Waals surface area contributed by atoms with Crippen LogP contribution in [0.25, 0.3) is 0 Å². The zero-order valence-corrected chi connectivity index (χ0v) is 23.3. The fourth-order valence-electron chi connectivity index (χ4n) is 11.5. The molecule has 0 aromatic heterocycles. The van der Waals surface area contributed by atoms with Crippen molar-refractivity contribution < 1.29 is 15.0 Å². The van der Waals surface area contributed by atoms with Crippen molar-refractivity contribution in [2.24, 2.45) is 56.7 Å². The van der Waals surface area contributed by atoms with Gasteiger partial charge in [0.1, 0.15) is 11.7 Å². The van der Waals surface area contributed by atoms with Crippen molar-refractivity contribution in [2.75, 3.05) is 0 Å². The van der Waals surface area contributed by atoms with E-state index in [0.29, 0.717) is 39.9 Å². The highest BCUT2D eigenvalue weighted by Gasteiger charge is 2.81. The average molecular weight is 473 g/mol. The number of aliphatic hydroxyl groups is 2. The van der Waals surface area contributed by atoms with E-state index >= 15 is 0 Å². The molecule has 0 aromatic rings. The van der Waals surface area contributed by atoms with E-state index in [-0.39, 0.29) is 5.41 Å². The predicted molar refractivity (Wildman–Crippen MR) is 137 cm³/mol. The monoisotopic (exact) mass is 472 g/mol. The molecule has 5 rings (SSSR count). The second-order valence-corrected chi connectivity index (χ2v) is 15.6. The Hall–Kier alpha value is -0.410. The molecular weight excluding hydrogens is 420 g/mol. The molecule has 0 heterocycles. The van der Waals surface area contributed by atoms with Gasteiger partial charge in [-0.3, -0.25) is 4.79 Å². The maximum absolute atomic E-state index is 12.5. The molecule has 5 aliphatic rings. The normalized spacial score (nSPS) is 50.9. The van der Waals surface area contributed by atoms with Gasteiger partial charge in [-0.25, -0.2) is 0 Å². The van der Waals surface area contributed by atoms with Crippen LogP contribution >= 0.6 is 0 Å². The van der Waals surface area contributed by atoms with Gasteiger partial charge >= 0.3 is 0 Å². The molecule has 3 nitrogen and oxygen atoms in total. The van der Waals surface area contributed by atoms with Gasteiger partial charge in [0.25, 0.3) is 0 Å². The smallest absolute Gasteiger partial charge is 0.192 e. The lowest BCUT2D eigenvalue weighted by atomic mass is 9.41. The molecule has 0 amide bonds. The number of rotatable bonds is 5. The molecule has 0 aliphatic heterocycles. The fourth-order valence-corrected chi connectivity index (χ4v) is 11.5. The molecule has 10 atom stereocenters. The lowest BCUT2D eigenvalue weighted by Crippen LogP contribution is -2.56. The van der Waals surface area contributed by atoms with E-state index in [4.69, 9.17) is 0 Å². The highest BCUT2D eigenvalue weighted by atomic mass is 16.3. The maximum atomic E-state index is 12.5. The molecule has 1 unspecified atom stereocenters. The first kappa shape index (κ1) is 25.2. The van der Waals surface area contributed by atoms with Crippen molar-refractivity contribution >= 4 is 5.78 Å². The van der Waals surface area contributed by atoms with Crippen molar-refractivity contribution in [2.45, 2.75) is 131 Å². The number of hydrogen-bond acceptors (Lipinski definition) is 3. The summed E-state index contributed by atoms with van der Waals surface area (Å²) in [6.45, 7) is 18.1. The van der Waals surface area contributed by atoms with Crippen molar-refractivity contribution in [3.05, 3.63) is 0 Å². The first-order valence-corrected chi connectivity index (χ1v) is 14.5. The molecule has 0 saturated heterocycles. The molecule has 0 aromatic carbocycles. The van der Waals surface area contributed by atoms with E-state index in [1.807, 2.05) is 0 Å². The first-order valence-electron chi connectivity index (χ1n) is 14.5. The van der Waals surface area contributed by atoms with Gasteiger partial charge < -0.3 is 10.2 Å². The summed E-state index contributed by atoms with van der Waals surface area (Å²) in [6.07, 6.45) is 11.9. The quantitative estimate of drug-likeness (QED) is 0.463. The minimum absolute atomic E-state index is 0.286. The molecule has 2 spiro atoms. The third-order valence-electron chi connectivity index (χ3n) is 13.9. The minimum atomic E-state index is -1.46. The largest absolute Gasteiger partial charge is 0.385 e. The molecule has 3 heteroatoms. The zero-order chi connectivity index (χ0) is 25.1. The molecule has 0 radical (unpaired) electrons. The lowest BCUT2D eigenvalue weighted by molar-refractivity contribution is -0.152. The topological polar surface area (TPSA) is 57.5 Å². The fraction of sp³-hybridized carbons (Fsp3) is 0.968. The second kappa shape index (κ2) is 7.33. The predicted octanol–water partition coefficient (Wildman–Crippen LogP) is 6.79. The van der Waals surface area contributed by atoms with Crippen LogP contribution in [0.4, 0.5) is 0 Å². The van der Waals surface area contributed by atoms with Crippen LogP contribution in [0.3, 0.4) is 0 Å². The SMILES string of the molecule is C[C@H](CC(O)C(=O)C(C)(C)O)[C@H]1CC[C@@]2(C)[C@@H]3CC[C@H]4C(C)(C)[C@@H](C)CC[C@@]45C[C@@]35CC[C@]12C. The highest BCUT2D eigenvalue weighted by molar-refractivity contribution is 5.89. The van der Waals surface area contributed by atoms with Crippen LogP contribution in [0.5, 0.6) is 0 Å². The minimum Gasteiger partial charge on any atom is -0.385 e. The van der Waals surface area contributed by atoms with Crippen LogP contribution in [0.1, 0.15) is 120 Å². The van der Waals surface area contributed by atoms with Gasteiger partial charge in [-0.15, -0.1) is 0 Å². The molecule has 194 valence electrons. The van der Waals surface area contributed by atoms with E-state index in [9.17, 15) is 15.0 Å². The Morgan fingerprint density at radius 3 is 2.18 bits per heavy atom. The summed E-state index contributed by atoms with van der Waals surface area (Å²) in [4.78, 5) is 12.5. The Labute approximate surface area is 208 Å². The average Bonchev–Trinajstić information content (AvgIpc) is 3.32. The Bertz CT molecular complexity index is 855. The number of hydrogen-bond donors (Lipinski definition) is 2. The van der Waals surface area contributed by atoms with Crippen molar-refractivity contribution in [1.29, 1.82) is 0 Å². The van der Waals surface area contributed by atoms with Crippen LogP contribution in [0.2, 0.25) is 0 Å². The third kappa shape index (κ3) is 2.98. The van der Waals surface area contributed by atoms with Crippen LogP contribution in [-0.4, -0.2) is 27.7 Å². The molecule has 34 heavy (non-hydrogen) atoms. The number of ketones is 1. The lowest BCUT2D eigenvalue weighted by Gasteiger charge is -2.63. The molecule has 5 saturated carbocycles. The van der Waals surface area contributed by atoms with Gasteiger partial charge in [0.2, 0.25) is 0 Å². The maximum Gasteiger partial charge on any atom is 0.192 e. The Morgan fingerprint density at radius 1 is 0.912 bits per heavy atom. The van der Waals surface area contributed by atoms with E-state index in [2.05, 4.69) is 41.5 Å². The number of Topliss-reactive ketones (excluding diaryl/α,β-unsaturated/α-hetero) is 1. The number of aliphatic hydroxyl groups excluding tert-OH is 1. The van der Waals surface area contributed by atoms with Gasteiger partial charge in [0.05, 0.1) is 0 Å². The summed E-state index contributed by atoms with van der Waals surface area (Å²) in [7, 11) is 0. The first-order chi connectivity index (χ1) is 15.6. The summed E-state index contributed by atoms with van der Waals surface area (Å²) in [5, 5.41) is 20.8. The van der Waals surface area contributed by atoms with Gasteiger partial charge in [-0.2, -0.15) is 0 Å². The van der Waals surface area contributed by atoms with Crippen molar-refractivity contribution in [3.8, 4) is 0 Å². The van der Waals surface area contributed by atoms with E-state index in [1.54, 1.807) is 0 Å². The molecule has 0 bridgehead atoms. The molecule has 5 fully saturated rings.